The molecule has 1 aromatic rings. The Bertz CT molecular complexity index is 280. The molecule has 15 heavy (non-hydrogen) atoms. The van der Waals surface area contributed by atoms with Gasteiger partial charge in [-0.2, -0.15) is 0 Å². The summed E-state index contributed by atoms with van der Waals surface area (Å²) in [6.45, 7) is 1.96. The van der Waals surface area contributed by atoms with Crippen molar-refractivity contribution in [2.45, 2.75) is 19.4 Å². The minimum atomic E-state index is 0. The van der Waals surface area contributed by atoms with Crippen molar-refractivity contribution in [1.29, 1.82) is 0 Å². The molecule has 4 heteroatoms. The van der Waals surface area contributed by atoms with E-state index >= 15 is 0 Å². The third-order valence-electron chi connectivity index (χ3n) is 2.06. The van der Waals surface area contributed by atoms with E-state index in [-0.39, 0.29) is 18.4 Å². The molecule has 0 radical (unpaired) electrons. The molecule has 2 N–H and O–H groups in total. The first kappa shape index (κ1) is 14.1. The van der Waals surface area contributed by atoms with Crippen LogP contribution in [0.2, 0.25) is 0 Å². The van der Waals surface area contributed by atoms with Gasteiger partial charge in [-0.1, -0.05) is 6.07 Å². The molecule has 1 unspecified atom stereocenters. The predicted molar refractivity (Wildman–Crippen MR) is 64.1 cm³/mol. The van der Waals surface area contributed by atoms with Gasteiger partial charge in [-0.15, -0.1) is 12.4 Å². The number of benzene rings is 1. The standard InChI is InChI=1S/C11H17NO2.ClH/c1-8(12)7-9-10(13-2)5-4-6-11(9)14-3;/h4-6,8H,7,12H2,1-3H3;1H. The van der Waals surface area contributed by atoms with E-state index in [4.69, 9.17) is 15.2 Å². The molecule has 0 fully saturated rings. The van der Waals surface area contributed by atoms with Crippen LogP contribution in [0, 0.1) is 0 Å². The van der Waals surface area contributed by atoms with Gasteiger partial charge >= 0.3 is 0 Å². The van der Waals surface area contributed by atoms with Gasteiger partial charge in [0.2, 0.25) is 0 Å². The maximum absolute atomic E-state index is 5.76. The van der Waals surface area contributed by atoms with E-state index in [1.165, 1.54) is 0 Å². The fourth-order valence-corrected chi connectivity index (χ4v) is 1.45. The molecular weight excluding hydrogens is 214 g/mol. The number of halogens is 1. The summed E-state index contributed by atoms with van der Waals surface area (Å²) in [6.07, 6.45) is 0.757. The van der Waals surface area contributed by atoms with E-state index in [0.717, 1.165) is 23.5 Å². The van der Waals surface area contributed by atoms with Crippen molar-refractivity contribution in [2.24, 2.45) is 5.73 Å². The van der Waals surface area contributed by atoms with E-state index in [9.17, 15) is 0 Å². The van der Waals surface area contributed by atoms with Gasteiger partial charge in [-0.25, -0.2) is 0 Å². The Morgan fingerprint density at radius 1 is 1.20 bits per heavy atom. The normalized spacial score (nSPS) is 11.5. The molecule has 86 valence electrons. The number of hydrogen-bond donors (Lipinski definition) is 1. The van der Waals surface area contributed by atoms with Crippen molar-refractivity contribution >= 4 is 12.4 Å². The van der Waals surface area contributed by atoms with E-state index in [1.54, 1.807) is 14.2 Å². The zero-order valence-electron chi connectivity index (χ0n) is 9.32. The minimum Gasteiger partial charge on any atom is -0.496 e. The second-order valence-corrected chi connectivity index (χ2v) is 3.32. The predicted octanol–water partition coefficient (Wildman–Crippen LogP) is 2.02. The van der Waals surface area contributed by atoms with E-state index < -0.39 is 0 Å². The molecule has 0 heterocycles. The zero-order valence-corrected chi connectivity index (χ0v) is 10.1. The molecule has 0 amide bonds. The Balaban J connectivity index is 0.00000196. The highest BCUT2D eigenvalue weighted by molar-refractivity contribution is 5.85. The Labute approximate surface area is 97.0 Å². The lowest BCUT2D eigenvalue weighted by molar-refractivity contribution is 0.383. The SMILES string of the molecule is COc1cccc(OC)c1CC(C)N.Cl. The van der Waals surface area contributed by atoms with Crippen molar-refractivity contribution < 1.29 is 9.47 Å². The second kappa shape index (κ2) is 6.53. The topological polar surface area (TPSA) is 44.5 Å². The fraction of sp³-hybridized carbons (Fsp3) is 0.455. The zero-order chi connectivity index (χ0) is 10.6. The first-order chi connectivity index (χ1) is 6.69. The van der Waals surface area contributed by atoms with Gasteiger partial charge < -0.3 is 15.2 Å². The molecule has 1 aromatic carbocycles. The van der Waals surface area contributed by atoms with Crippen molar-refractivity contribution in [3.63, 3.8) is 0 Å². The fourth-order valence-electron chi connectivity index (χ4n) is 1.45. The van der Waals surface area contributed by atoms with Gasteiger partial charge in [0, 0.05) is 11.6 Å². The lowest BCUT2D eigenvalue weighted by Gasteiger charge is -2.14. The summed E-state index contributed by atoms with van der Waals surface area (Å²) in [7, 11) is 3.30. The van der Waals surface area contributed by atoms with Crippen molar-refractivity contribution in [1.82, 2.24) is 0 Å². The molecule has 0 aliphatic heterocycles. The highest BCUT2D eigenvalue weighted by Gasteiger charge is 2.10. The summed E-state index contributed by atoms with van der Waals surface area (Å²) in [6, 6.07) is 5.84. The molecule has 0 bridgehead atoms. The summed E-state index contributed by atoms with van der Waals surface area (Å²) >= 11 is 0. The largest absolute Gasteiger partial charge is 0.496 e. The van der Waals surface area contributed by atoms with Crippen LogP contribution >= 0.6 is 12.4 Å². The molecule has 0 aromatic heterocycles. The number of methoxy groups -OCH3 is 2. The summed E-state index contributed by atoms with van der Waals surface area (Å²) in [5.74, 6) is 1.67. The van der Waals surface area contributed by atoms with Gasteiger partial charge in [0.15, 0.2) is 0 Å². The Kier molecular flexibility index (Phi) is 6.13. The van der Waals surface area contributed by atoms with Gasteiger partial charge in [-0.3, -0.25) is 0 Å². The average molecular weight is 232 g/mol. The molecule has 0 spiro atoms. The first-order valence-corrected chi connectivity index (χ1v) is 4.64. The van der Waals surface area contributed by atoms with Gasteiger partial charge in [-0.05, 0) is 25.5 Å². The third-order valence-corrected chi connectivity index (χ3v) is 2.06. The Hall–Kier alpha value is -0.930. The summed E-state index contributed by atoms with van der Waals surface area (Å²) in [5, 5.41) is 0. The van der Waals surface area contributed by atoms with Gasteiger partial charge in [0.1, 0.15) is 11.5 Å². The number of ether oxygens (including phenoxy) is 2. The van der Waals surface area contributed by atoms with E-state index in [2.05, 4.69) is 0 Å². The number of rotatable bonds is 4. The molecule has 0 saturated carbocycles. The molecule has 1 rings (SSSR count). The molecule has 1 atom stereocenters. The Morgan fingerprint density at radius 2 is 1.67 bits per heavy atom. The van der Waals surface area contributed by atoms with Crippen LogP contribution in [0.25, 0.3) is 0 Å². The van der Waals surface area contributed by atoms with Crippen LogP contribution in [0.1, 0.15) is 12.5 Å². The van der Waals surface area contributed by atoms with Crippen molar-refractivity contribution in [2.75, 3.05) is 14.2 Å². The first-order valence-electron chi connectivity index (χ1n) is 4.64. The molecule has 0 aliphatic carbocycles. The highest BCUT2D eigenvalue weighted by Crippen LogP contribution is 2.28. The van der Waals surface area contributed by atoms with Crippen LogP contribution in [0.15, 0.2) is 18.2 Å². The molecule has 3 nitrogen and oxygen atoms in total. The van der Waals surface area contributed by atoms with Crippen LogP contribution < -0.4 is 15.2 Å². The highest BCUT2D eigenvalue weighted by atomic mass is 35.5. The molecule has 0 aliphatic rings. The summed E-state index contributed by atoms with van der Waals surface area (Å²) in [5.41, 5.74) is 6.80. The minimum absolute atomic E-state index is 0. The van der Waals surface area contributed by atoms with Gasteiger partial charge in [0.05, 0.1) is 14.2 Å². The summed E-state index contributed by atoms with van der Waals surface area (Å²) < 4.78 is 10.5. The van der Waals surface area contributed by atoms with Crippen molar-refractivity contribution in [3.05, 3.63) is 23.8 Å². The van der Waals surface area contributed by atoms with Crippen molar-refractivity contribution in [3.8, 4) is 11.5 Å². The van der Waals surface area contributed by atoms with E-state index in [0.29, 0.717) is 0 Å². The van der Waals surface area contributed by atoms with Crippen LogP contribution in [0.3, 0.4) is 0 Å². The van der Waals surface area contributed by atoms with Crippen LogP contribution in [-0.2, 0) is 6.42 Å². The smallest absolute Gasteiger partial charge is 0.125 e. The van der Waals surface area contributed by atoms with E-state index in [1.807, 2.05) is 25.1 Å². The molecular formula is C11H18ClNO2. The number of hydrogen-bond acceptors (Lipinski definition) is 3. The van der Waals surface area contributed by atoms with Crippen LogP contribution in [-0.4, -0.2) is 20.3 Å². The monoisotopic (exact) mass is 231 g/mol. The molecule has 0 saturated heterocycles. The maximum atomic E-state index is 5.76. The Morgan fingerprint density at radius 3 is 2.00 bits per heavy atom. The summed E-state index contributed by atoms with van der Waals surface area (Å²) in [4.78, 5) is 0. The lowest BCUT2D eigenvalue weighted by Crippen LogP contribution is -2.18. The van der Waals surface area contributed by atoms with Crippen LogP contribution in [0.4, 0.5) is 0 Å². The van der Waals surface area contributed by atoms with Gasteiger partial charge in [0.25, 0.3) is 0 Å². The number of nitrogens with two attached hydrogens (primary N) is 1. The van der Waals surface area contributed by atoms with Crippen LogP contribution in [0.5, 0.6) is 11.5 Å². The quantitative estimate of drug-likeness (QED) is 0.862. The second-order valence-electron chi connectivity index (χ2n) is 3.32. The third kappa shape index (κ3) is 3.61. The maximum Gasteiger partial charge on any atom is 0.125 e. The average Bonchev–Trinajstić information content (AvgIpc) is 2.17. The lowest BCUT2D eigenvalue weighted by atomic mass is 10.1.